The maximum Gasteiger partial charge on any atom is 0.221 e. The highest BCUT2D eigenvalue weighted by Gasteiger charge is 2.09. The molecule has 6 heteroatoms. The van der Waals surface area contributed by atoms with E-state index in [4.69, 9.17) is 17.3 Å². The van der Waals surface area contributed by atoms with Crippen LogP contribution in [-0.4, -0.2) is 15.1 Å². The molecule has 1 aromatic heterocycles. The van der Waals surface area contributed by atoms with Crippen LogP contribution in [0, 0.1) is 0 Å². The van der Waals surface area contributed by atoms with Crippen LogP contribution in [0.15, 0.2) is 42.5 Å². The van der Waals surface area contributed by atoms with Gasteiger partial charge in [-0.15, -0.1) is 12.4 Å². The smallest absolute Gasteiger partial charge is 0.221 e. The van der Waals surface area contributed by atoms with E-state index in [2.05, 4.69) is 9.97 Å². The van der Waals surface area contributed by atoms with Crippen molar-refractivity contribution in [2.24, 2.45) is 0 Å². The van der Waals surface area contributed by atoms with Gasteiger partial charge in [-0.2, -0.15) is 0 Å². The minimum Gasteiger partial charge on any atom is -0.508 e. The van der Waals surface area contributed by atoms with Crippen molar-refractivity contribution in [1.29, 1.82) is 0 Å². The second-order valence-electron chi connectivity index (χ2n) is 4.14. The summed E-state index contributed by atoms with van der Waals surface area (Å²) in [5.41, 5.74) is 7.86. The highest BCUT2D eigenvalue weighted by molar-refractivity contribution is 6.31. The molecule has 3 rings (SSSR count). The Hall–Kier alpha value is -2.04. The van der Waals surface area contributed by atoms with Gasteiger partial charge in [0.15, 0.2) is 0 Å². The minimum atomic E-state index is 0. The standard InChI is InChI=1S/C14H10ClN3O.ClH/c15-9-4-5-12-11(7-9)13(18-14(16)17-12)8-2-1-3-10(19)6-8;/h1-7,19H,(H2,16,17,18);1H. The molecular formula is C14H11Cl2N3O. The van der Waals surface area contributed by atoms with Crippen molar-refractivity contribution in [2.45, 2.75) is 0 Å². The van der Waals surface area contributed by atoms with Crippen LogP contribution in [0.1, 0.15) is 0 Å². The molecule has 0 atom stereocenters. The van der Waals surface area contributed by atoms with E-state index in [-0.39, 0.29) is 24.1 Å². The third-order valence-corrected chi connectivity index (χ3v) is 3.03. The summed E-state index contributed by atoms with van der Waals surface area (Å²) in [5.74, 6) is 0.359. The molecule has 0 aliphatic heterocycles. The summed E-state index contributed by atoms with van der Waals surface area (Å²) in [6.45, 7) is 0. The average molecular weight is 308 g/mol. The number of hydrogen-bond donors (Lipinski definition) is 2. The molecule has 0 spiro atoms. The molecule has 1 heterocycles. The van der Waals surface area contributed by atoms with E-state index in [0.29, 0.717) is 10.7 Å². The molecule has 0 unspecified atom stereocenters. The summed E-state index contributed by atoms with van der Waals surface area (Å²) in [6.07, 6.45) is 0. The lowest BCUT2D eigenvalue weighted by Gasteiger charge is -2.07. The van der Waals surface area contributed by atoms with Gasteiger partial charge < -0.3 is 10.8 Å². The van der Waals surface area contributed by atoms with E-state index in [1.807, 2.05) is 6.07 Å². The molecule has 3 N–H and O–H groups in total. The molecule has 2 aromatic carbocycles. The summed E-state index contributed by atoms with van der Waals surface area (Å²) in [5, 5.41) is 11.0. The van der Waals surface area contributed by atoms with Crippen molar-refractivity contribution in [3.05, 3.63) is 47.5 Å². The summed E-state index contributed by atoms with van der Waals surface area (Å²) in [4.78, 5) is 8.42. The minimum absolute atomic E-state index is 0. The lowest BCUT2D eigenvalue weighted by molar-refractivity contribution is 0.475. The molecule has 3 aromatic rings. The summed E-state index contributed by atoms with van der Waals surface area (Å²) in [7, 11) is 0. The number of nitrogens with two attached hydrogens (primary N) is 1. The maximum atomic E-state index is 9.57. The third kappa shape index (κ3) is 2.61. The molecule has 0 bridgehead atoms. The van der Waals surface area contributed by atoms with Gasteiger partial charge in [-0.25, -0.2) is 9.97 Å². The van der Waals surface area contributed by atoms with Crippen molar-refractivity contribution in [3.8, 4) is 17.0 Å². The number of aromatic nitrogens is 2. The number of phenolic OH excluding ortho intramolecular Hbond substituents is 1. The molecule has 4 nitrogen and oxygen atoms in total. The highest BCUT2D eigenvalue weighted by atomic mass is 35.5. The number of hydrogen-bond acceptors (Lipinski definition) is 4. The van der Waals surface area contributed by atoms with Crippen molar-refractivity contribution >= 4 is 40.9 Å². The number of anilines is 1. The zero-order chi connectivity index (χ0) is 13.4. The number of aromatic hydroxyl groups is 1. The van der Waals surface area contributed by atoms with Gasteiger partial charge in [0.2, 0.25) is 5.95 Å². The fourth-order valence-electron chi connectivity index (χ4n) is 1.99. The zero-order valence-electron chi connectivity index (χ0n) is 10.2. The first-order chi connectivity index (χ1) is 9.13. The molecule has 0 radical (unpaired) electrons. The van der Waals surface area contributed by atoms with Crippen LogP contribution < -0.4 is 5.73 Å². The Labute approximate surface area is 126 Å². The van der Waals surface area contributed by atoms with Crippen LogP contribution >= 0.6 is 24.0 Å². The maximum absolute atomic E-state index is 9.57. The lowest BCUT2D eigenvalue weighted by Crippen LogP contribution is -1.98. The predicted molar refractivity (Wildman–Crippen MR) is 83.3 cm³/mol. The van der Waals surface area contributed by atoms with Crippen LogP contribution in [0.25, 0.3) is 22.2 Å². The van der Waals surface area contributed by atoms with Crippen molar-refractivity contribution in [1.82, 2.24) is 9.97 Å². The van der Waals surface area contributed by atoms with Gasteiger partial charge in [-0.3, -0.25) is 0 Å². The van der Waals surface area contributed by atoms with Crippen molar-refractivity contribution in [3.63, 3.8) is 0 Å². The monoisotopic (exact) mass is 307 g/mol. The van der Waals surface area contributed by atoms with Gasteiger partial charge in [-0.05, 0) is 30.3 Å². The molecule has 0 aliphatic carbocycles. The van der Waals surface area contributed by atoms with Crippen LogP contribution in [0.3, 0.4) is 0 Å². The van der Waals surface area contributed by atoms with E-state index in [1.165, 1.54) is 0 Å². The number of benzene rings is 2. The Morgan fingerprint density at radius 3 is 2.60 bits per heavy atom. The van der Waals surface area contributed by atoms with Crippen LogP contribution in [0.2, 0.25) is 5.02 Å². The fourth-order valence-corrected chi connectivity index (χ4v) is 2.16. The van der Waals surface area contributed by atoms with Crippen molar-refractivity contribution < 1.29 is 5.11 Å². The van der Waals surface area contributed by atoms with Crippen LogP contribution in [-0.2, 0) is 0 Å². The summed E-state index contributed by atoms with van der Waals surface area (Å²) in [6, 6.07) is 12.2. The second kappa shape index (κ2) is 5.53. The zero-order valence-corrected chi connectivity index (χ0v) is 11.8. The molecule has 0 aliphatic rings. The van der Waals surface area contributed by atoms with E-state index in [9.17, 15) is 5.11 Å². The van der Waals surface area contributed by atoms with Gasteiger partial charge in [0.1, 0.15) is 5.75 Å². The van der Waals surface area contributed by atoms with Gasteiger partial charge in [0, 0.05) is 16.0 Å². The van der Waals surface area contributed by atoms with Crippen LogP contribution in [0.4, 0.5) is 5.95 Å². The Balaban J connectivity index is 0.00000147. The van der Waals surface area contributed by atoms with E-state index < -0.39 is 0 Å². The van der Waals surface area contributed by atoms with Gasteiger partial charge in [-0.1, -0.05) is 23.7 Å². The summed E-state index contributed by atoms with van der Waals surface area (Å²) < 4.78 is 0. The van der Waals surface area contributed by atoms with E-state index >= 15 is 0 Å². The third-order valence-electron chi connectivity index (χ3n) is 2.79. The van der Waals surface area contributed by atoms with Crippen molar-refractivity contribution in [2.75, 3.05) is 5.73 Å². The predicted octanol–water partition coefficient (Wildman–Crippen LogP) is 3.66. The Morgan fingerprint density at radius 2 is 1.85 bits per heavy atom. The molecule has 0 fully saturated rings. The van der Waals surface area contributed by atoms with E-state index in [1.54, 1.807) is 36.4 Å². The quantitative estimate of drug-likeness (QED) is 0.719. The second-order valence-corrected chi connectivity index (χ2v) is 4.58. The molecule has 0 saturated carbocycles. The number of halogens is 2. The number of rotatable bonds is 1. The molecule has 20 heavy (non-hydrogen) atoms. The molecule has 102 valence electrons. The van der Waals surface area contributed by atoms with Gasteiger partial charge in [0.25, 0.3) is 0 Å². The Bertz CT molecular complexity index is 777. The average Bonchev–Trinajstić information content (AvgIpc) is 2.38. The number of nitrogens with zero attached hydrogens (tertiary/aromatic N) is 2. The number of fused-ring (bicyclic) bond motifs is 1. The molecule has 0 amide bonds. The molecule has 0 saturated heterocycles. The normalized spacial score (nSPS) is 10.2. The number of nitrogen functional groups attached to an aromatic ring is 1. The first-order valence-corrected chi connectivity index (χ1v) is 6.03. The fraction of sp³-hybridized carbons (Fsp3) is 0. The van der Waals surface area contributed by atoms with Crippen LogP contribution in [0.5, 0.6) is 5.75 Å². The SMILES string of the molecule is Cl.Nc1nc(-c2cccc(O)c2)c2cc(Cl)ccc2n1. The Morgan fingerprint density at radius 1 is 1.05 bits per heavy atom. The first kappa shape index (κ1) is 14.4. The first-order valence-electron chi connectivity index (χ1n) is 5.66. The topological polar surface area (TPSA) is 72.0 Å². The van der Waals surface area contributed by atoms with E-state index in [0.717, 1.165) is 16.5 Å². The highest BCUT2D eigenvalue weighted by Crippen LogP contribution is 2.30. The molecular weight excluding hydrogens is 297 g/mol. The lowest BCUT2D eigenvalue weighted by atomic mass is 10.1. The Kier molecular flexibility index (Phi) is 3.97. The summed E-state index contributed by atoms with van der Waals surface area (Å²) >= 11 is 6.01. The van der Waals surface area contributed by atoms with Gasteiger partial charge >= 0.3 is 0 Å². The largest absolute Gasteiger partial charge is 0.508 e. The van der Waals surface area contributed by atoms with Gasteiger partial charge in [0.05, 0.1) is 11.2 Å². The number of phenols is 1.